The van der Waals surface area contributed by atoms with Crippen LogP contribution in [-0.2, 0) is 6.42 Å². The molecule has 28 heavy (non-hydrogen) atoms. The predicted octanol–water partition coefficient (Wildman–Crippen LogP) is 3.35. The summed E-state index contributed by atoms with van der Waals surface area (Å²) in [4.78, 5) is 35.0. The number of benzene rings is 1. The van der Waals surface area contributed by atoms with Gasteiger partial charge in [0.1, 0.15) is 5.69 Å². The second-order valence-corrected chi connectivity index (χ2v) is 6.53. The number of aryl methyl sites for hydroxylation is 1. The lowest BCUT2D eigenvalue weighted by atomic mass is 10.1. The van der Waals surface area contributed by atoms with Gasteiger partial charge in [0.2, 0.25) is 0 Å². The largest absolute Gasteiger partial charge is 0.340 e. The van der Waals surface area contributed by atoms with Crippen LogP contribution in [0, 0.1) is 6.92 Å². The third-order valence-corrected chi connectivity index (χ3v) is 4.47. The second-order valence-electron chi connectivity index (χ2n) is 6.53. The zero-order valence-corrected chi connectivity index (χ0v) is 15.9. The number of carbonyl (C=O) groups excluding carboxylic acids is 2. The van der Waals surface area contributed by atoms with Crippen LogP contribution in [0.3, 0.4) is 0 Å². The quantitative estimate of drug-likeness (QED) is 0.718. The summed E-state index contributed by atoms with van der Waals surface area (Å²) in [6.45, 7) is 2.47. The average molecular weight is 374 g/mol. The molecular weight excluding hydrogens is 352 g/mol. The number of rotatable bonds is 6. The Morgan fingerprint density at radius 1 is 1.04 bits per heavy atom. The van der Waals surface area contributed by atoms with Gasteiger partial charge in [0.25, 0.3) is 11.8 Å². The molecule has 1 N–H and O–H groups in total. The lowest BCUT2D eigenvalue weighted by Crippen LogP contribution is -2.29. The van der Waals surface area contributed by atoms with Crippen molar-refractivity contribution in [1.82, 2.24) is 14.9 Å². The van der Waals surface area contributed by atoms with E-state index >= 15 is 0 Å². The van der Waals surface area contributed by atoms with Gasteiger partial charge < -0.3 is 10.2 Å². The summed E-state index contributed by atoms with van der Waals surface area (Å²) in [6, 6.07) is 14.5. The fraction of sp³-hybridized carbons (Fsp3) is 0.182. The third kappa shape index (κ3) is 4.79. The van der Waals surface area contributed by atoms with Gasteiger partial charge in [-0.3, -0.25) is 19.6 Å². The fourth-order valence-corrected chi connectivity index (χ4v) is 2.74. The highest BCUT2D eigenvalue weighted by Crippen LogP contribution is 2.15. The molecule has 0 saturated heterocycles. The molecule has 2 heterocycles. The van der Waals surface area contributed by atoms with E-state index in [1.807, 2.05) is 43.3 Å². The van der Waals surface area contributed by atoms with Crippen molar-refractivity contribution in [3.63, 3.8) is 0 Å². The molecule has 0 atom stereocenters. The molecule has 6 nitrogen and oxygen atoms in total. The number of nitrogens with zero attached hydrogens (tertiary/aromatic N) is 3. The lowest BCUT2D eigenvalue weighted by molar-refractivity contribution is 0.0791. The number of carbonyl (C=O) groups is 2. The van der Waals surface area contributed by atoms with E-state index in [-0.39, 0.29) is 17.5 Å². The standard InChI is InChI=1S/C22H22N4O2/c1-16-5-3-4-6-19(16)25-21(27)18-9-13-24-20(15-18)22(28)26(2)14-10-17-7-11-23-12-8-17/h3-9,11-13,15H,10,14H2,1-2H3,(H,25,27). The summed E-state index contributed by atoms with van der Waals surface area (Å²) in [6.07, 6.45) is 5.67. The molecule has 0 unspecified atom stereocenters. The van der Waals surface area contributed by atoms with Crippen molar-refractivity contribution in [3.8, 4) is 0 Å². The molecule has 0 aliphatic rings. The van der Waals surface area contributed by atoms with Crippen LogP contribution in [0.25, 0.3) is 0 Å². The molecule has 142 valence electrons. The van der Waals surface area contributed by atoms with Crippen molar-refractivity contribution in [2.45, 2.75) is 13.3 Å². The van der Waals surface area contributed by atoms with E-state index in [1.54, 1.807) is 30.4 Å². The summed E-state index contributed by atoms with van der Waals surface area (Å²) in [7, 11) is 1.73. The van der Waals surface area contributed by atoms with E-state index in [0.717, 1.165) is 23.2 Å². The molecule has 3 aromatic rings. The Morgan fingerprint density at radius 3 is 2.54 bits per heavy atom. The number of para-hydroxylation sites is 1. The molecular formula is C22H22N4O2. The number of pyridine rings is 2. The van der Waals surface area contributed by atoms with Gasteiger partial charge in [0, 0.05) is 43.4 Å². The van der Waals surface area contributed by atoms with Gasteiger partial charge >= 0.3 is 0 Å². The highest BCUT2D eigenvalue weighted by Gasteiger charge is 2.16. The van der Waals surface area contributed by atoms with Crippen molar-refractivity contribution in [1.29, 1.82) is 0 Å². The first-order valence-electron chi connectivity index (χ1n) is 9.02. The number of hydrogen-bond donors (Lipinski definition) is 1. The summed E-state index contributed by atoms with van der Waals surface area (Å²) in [5.74, 6) is -0.496. The maximum absolute atomic E-state index is 12.7. The highest BCUT2D eigenvalue weighted by atomic mass is 16.2. The Kier molecular flexibility index (Phi) is 6.11. The SMILES string of the molecule is Cc1ccccc1NC(=O)c1ccnc(C(=O)N(C)CCc2ccncc2)c1. The third-order valence-electron chi connectivity index (χ3n) is 4.47. The van der Waals surface area contributed by atoms with Crippen molar-refractivity contribution in [2.24, 2.45) is 0 Å². The van der Waals surface area contributed by atoms with Crippen LogP contribution in [0.5, 0.6) is 0 Å². The second kappa shape index (κ2) is 8.90. The van der Waals surface area contributed by atoms with Gasteiger partial charge in [-0.2, -0.15) is 0 Å². The maximum atomic E-state index is 12.7. The van der Waals surface area contributed by atoms with Crippen LogP contribution in [0.15, 0.2) is 67.1 Å². The molecule has 0 aliphatic heterocycles. The summed E-state index contributed by atoms with van der Waals surface area (Å²) >= 11 is 0. The summed E-state index contributed by atoms with van der Waals surface area (Å²) in [5, 5.41) is 2.87. The Bertz CT molecular complexity index is 973. The molecule has 2 aromatic heterocycles. The van der Waals surface area contributed by atoms with E-state index in [0.29, 0.717) is 12.1 Å². The Morgan fingerprint density at radius 2 is 1.79 bits per heavy atom. The van der Waals surface area contributed by atoms with E-state index in [2.05, 4.69) is 15.3 Å². The maximum Gasteiger partial charge on any atom is 0.272 e. The van der Waals surface area contributed by atoms with E-state index in [9.17, 15) is 9.59 Å². The van der Waals surface area contributed by atoms with Gasteiger partial charge in [-0.25, -0.2) is 0 Å². The zero-order valence-electron chi connectivity index (χ0n) is 15.9. The summed E-state index contributed by atoms with van der Waals surface area (Å²) in [5.41, 5.74) is 3.46. The molecule has 0 radical (unpaired) electrons. The first-order valence-corrected chi connectivity index (χ1v) is 9.02. The minimum absolute atomic E-state index is 0.223. The summed E-state index contributed by atoms with van der Waals surface area (Å²) < 4.78 is 0. The normalized spacial score (nSPS) is 10.4. The van der Waals surface area contributed by atoms with E-state index in [1.165, 1.54) is 12.3 Å². The van der Waals surface area contributed by atoms with Crippen LogP contribution < -0.4 is 5.32 Å². The van der Waals surface area contributed by atoms with Gasteiger partial charge in [-0.15, -0.1) is 0 Å². The molecule has 0 bridgehead atoms. The van der Waals surface area contributed by atoms with Gasteiger partial charge in [0.15, 0.2) is 0 Å². The van der Waals surface area contributed by atoms with Crippen LogP contribution in [0.4, 0.5) is 5.69 Å². The van der Waals surface area contributed by atoms with E-state index < -0.39 is 0 Å². The molecule has 3 rings (SSSR count). The fourth-order valence-electron chi connectivity index (χ4n) is 2.74. The van der Waals surface area contributed by atoms with Gasteiger partial charge in [-0.05, 0) is 54.8 Å². The number of nitrogens with one attached hydrogen (secondary N) is 1. The Hall–Kier alpha value is -3.54. The molecule has 6 heteroatoms. The predicted molar refractivity (Wildman–Crippen MR) is 108 cm³/mol. The number of anilines is 1. The smallest absolute Gasteiger partial charge is 0.272 e. The molecule has 0 aliphatic carbocycles. The number of amides is 2. The van der Waals surface area contributed by atoms with Crippen molar-refractivity contribution in [3.05, 3.63) is 89.5 Å². The van der Waals surface area contributed by atoms with Crippen LogP contribution in [0.1, 0.15) is 32.0 Å². The average Bonchev–Trinajstić information content (AvgIpc) is 2.74. The first kappa shape index (κ1) is 19.2. The first-order chi connectivity index (χ1) is 13.5. The van der Waals surface area contributed by atoms with Crippen LogP contribution in [-0.4, -0.2) is 40.3 Å². The minimum atomic E-state index is -0.273. The van der Waals surface area contributed by atoms with Gasteiger partial charge in [-0.1, -0.05) is 18.2 Å². The highest BCUT2D eigenvalue weighted by molar-refractivity contribution is 6.06. The number of likely N-dealkylation sites (N-methyl/N-ethyl adjacent to an activating group) is 1. The van der Waals surface area contributed by atoms with Crippen LogP contribution in [0.2, 0.25) is 0 Å². The topological polar surface area (TPSA) is 75.2 Å². The number of aromatic nitrogens is 2. The van der Waals surface area contributed by atoms with Crippen molar-refractivity contribution in [2.75, 3.05) is 18.9 Å². The van der Waals surface area contributed by atoms with Gasteiger partial charge in [0.05, 0.1) is 0 Å². The monoisotopic (exact) mass is 374 g/mol. The molecule has 0 spiro atoms. The van der Waals surface area contributed by atoms with Crippen LogP contribution >= 0.6 is 0 Å². The molecule has 0 fully saturated rings. The van der Waals surface area contributed by atoms with Crippen molar-refractivity contribution < 1.29 is 9.59 Å². The minimum Gasteiger partial charge on any atom is -0.340 e. The molecule has 2 amide bonds. The molecule has 1 aromatic carbocycles. The lowest BCUT2D eigenvalue weighted by Gasteiger charge is -2.17. The molecule has 0 saturated carbocycles. The Labute approximate surface area is 164 Å². The van der Waals surface area contributed by atoms with E-state index in [4.69, 9.17) is 0 Å². The van der Waals surface area contributed by atoms with Crippen molar-refractivity contribution >= 4 is 17.5 Å². The Balaban J connectivity index is 1.67. The number of hydrogen-bond acceptors (Lipinski definition) is 4. The zero-order chi connectivity index (χ0) is 19.9.